The Morgan fingerprint density at radius 2 is 2.04 bits per heavy atom. The van der Waals surface area contributed by atoms with Crippen LogP contribution in [0.2, 0.25) is 0 Å². The van der Waals surface area contributed by atoms with Crippen molar-refractivity contribution in [1.82, 2.24) is 20.4 Å². The highest BCUT2D eigenvalue weighted by Gasteiger charge is 2.07. The van der Waals surface area contributed by atoms with Gasteiger partial charge in [0, 0.05) is 32.8 Å². The van der Waals surface area contributed by atoms with Gasteiger partial charge in [-0.05, 0) is 58.6 Å². The molecule has 5 nitrogen and oxygen atoms in total. The first-order chi connectivity index (χ1) is 13.2. The SMILES string of the molecule is CN=C(NCCc1ccn(-c2ccc(F)cc2)n1)NCC(C)c1ccsc1. The van der Waals surface area contributed by atoms with Crippen LogP contribution in [-0.4, -0.2) is 35.9 Å². The van der Waals surface area contributed by atoms with Crippen LogP contribution in [0, 0.1) is 5.82 Å². The van der Waals surface area contributed by atoms with Crippen LogP contribution in [0.4, 0.5) is 4.39 Å². The summed E-state index contributed by atoms with van der Waals surface area (Å²) in [6, 6.07) is 10.4. The molecule has 27 heavy (non-hydrogen) atoms. The van der Waals surface area contributed by atoms with Gasteiger partial charge in [-0.2, -0.15) is 16.4 Å². The van der Waals surface area contributed by atoms with Gasteiger partial charge in [0.25, 0.3) is 0 Å². The van der Waals surface area contributed by atoms with E-state index in [1.54, 1.807) is 35.2 Å². The van der Waals surface area contributed by atoms with E-state index in [0.29, 0.717) is 5.92 Å². The highest BCUT2D eigenvalue weighted by atomic mass is 32.1. The second kappa shape index (κ2) is 9.32. The smallest absolute Gasteiger partial charge is 0.191 e. The second-order valence-corrected chi connectivity index (χ2v) is 7.10. The zero-order chi connectivity index (χ0) is 19.1. The second-order valence-electron chi connectivity index (χ2n) is 6.32. The molecule has 0 bridgehead atoms. The topological polar surface area (TPSA) is 54.2 Å². The van der Waals surface area contributed by atoms with Crippen LogP contribution in [0.15, 0.2) is 58.3 Å². The third kappa shape index (κ3) is 5.40. The molecule has 0 aliphatic carbocycles. The van der Waals surface area contributed by atoms with E-state index in [2.05, 4.69) is 44.5 Å². The van der Waals surface area contributed by atoms with Gasteiger partial charge in [-0.15, -0.1) is 0 Å². The standard InChI is InChI=1S/C20H24FN5S/c1-15(16-9-12-27-14-16)13-24-20(22-2)23-10-7-18-8-11-26(25-18)19-5-3-17(21)4-6-19/h3-6,8-9,11-12,14-15H,7,10,13H2,1-2H3,(H2,22,23,24). The Morgan fingerprint density at radius 3 is 2.74 bits per heavy atom. The van der Waals surface area contributed by atoms with Crippen LogP contribution >= 0.6 is 11.3 Å². The van der Waals surface area contributed by atoms with Crippen LogP contribution in [0.3, 0.4) is 0 Å². The highest BCUT2D eigenvalue weighted by Crippen LogP contribution is 2.17. The Kier molecular flexibility index (Phi) is 6.59. The fourth-order valence-electron chi connectivity index (χ4n) is 2.69. The first-order valence-electron chi connectivity index (χ1n) is 8.93. The molecular weight excluding hydrogens is 361 g/mol. The van der Waals surface area contributed by atoms with Crippen LogP contribution in [0.1, 0.15) is 24.1 Å². The fourth-order valence-corrected chi connectivity index (χ4v) is 3.47. The normalized spacial score (nSPS) is 12.8. The number of rotatable bonds is 7. The van der Waals surface area contributed by atoms with Crippen LogP contribution in [0.5, 0.6) is 0 Å². The van der Waals surface area contributed by atoms with Crippen molar-refractivity contribution >= 4 is 17.3 Å². The zero-order valence-corrected chi connectivity index (χ0v) is 16.3. The average molecular weight is 386 g/mol. The first kappa shape index (κ1) is 19.1. The molecule has 2 N–H and O–H groups in total. The summed E-state index contributed by atoms with van der Waals surface area (Å²) >= 11 is 1.72. The van der Waals surface area contributed by atoms with Crippen molar-refractivity contribution < 1.29 is 4.39 Å². The van der Waals surface area contributed by atoms with Gasteiger partial charge < -0.3 is 10.6 Å². The van der Waals surface area contributed by atoms with E-state index in [0.717, 1.165) is 36.9 Å². The Hall–Kier alpha value is -2.67. The van der Waals surface area contributed by atoms with Gasteiger partial charge in [0.2, 0.25) is 0 Å². The van der Waals surface area contributed by atoms with Crippen LogP contribution in [-0.2, 0) is 6.42 Å². The zero-order valence-electron chi connectivity index (χ0n) is 15.5. The minimum absolute atomic E-state index is 0.248. The molecule has 3 aromatic rings. The summed E-state index contributed by atoms with van der Waals surface area (Å²) in [7, 11) is 1.77. The lowest BCUT2D eigenvalue weighted by molar-refractivity contribution is 0.627. The van der Waals surface area contributed by atoms with Gasteiger partial charge in [-0.1, -0.05) is 6.92 Å². The summed E-state index contributed by atoms with van der Waals surface area (Å²) in [5.74, 6) is 0.971. The molecule has 2 heterocycles. The summed E-state index contributed by atoms with van der Waals surface area (Å²) in [4.78, 5) is 4.27. The Balaban J connectivity index is 1.45. The minimum Gasteiger partial charge on any atom is -0.356 e. The molecule has 0 fully saturated rings. The Labute approximate surface area is 163 Å². The number of benzene rings is 1. The number of aromatic nitrogens is 2. The van der Waals surface area contributed by atoms with Crippen LogP contribution in [0.25, 0.3) is 5.69 Å². The number of nitrogens with one attached hydrogen (secondary N) is 2. The molecule has 2 aromatic heterocycles. The van der Waals surface area contributed by atoms with E-state index in [1.807, 2.05) is 12.3 Å². The van der Waals surface area contributed by atoms with E-state index in [1.165, 1.54) is 17.7 Å². The maximum absolute atomic E-state index is 13.0. The van der Waals surface area contributed by atoms with Crippen molar-refractivity contribution in [2.45, 2.75) is 19.3 Å². The predicted molar refractivity (Wildman–Crippen MR) is 109 cm³/mol. The predicted octanol–water partition coefficient (Wildman–Crippen LogP) is 3.58. The molecule has 0 saturated heterocycles. The number of halogens is 1. The largest absolute Gasteiger partial charge is 0.356 e. The lowest BCUT2D eigenvalue weighted by Gasteiger charge is -2.15. The lowest BCUT2D eigenvalue weighted by atomic mass is 10.1. The fraction of sp³-hybridized carbons (Fsp3) is 0.300. The summed E-state index contributed by atoms with van der Waals surface area (Å²) in [5, 5.41) is 15.5. The summed E-state index contributed by atoms with van der Waals surface area (Å²) in [6.45, 7) is 3.76. The van der Waals surface area contributed by atoms with Crippen molar-refractivity contribution in [2.75, 3.05) is 20.1 Å². The Bertz CT molecular complexity index is 855. The van der Waals surface area contributed by atoms with Gasteiger partial charge in [0.15, 0.2) is 5.96 Å². The van der Waals surface area contributed by atoms with Crippen molar-refractivity contribution in [3.63, 3.8) is 0 Å². The molecule has 0 saturated carbocycles. The van der Waals surface area contributed by atoms with Crippen molar-refractivity contribution in [1.29, 1.82) is 0 Å². The lowest BCUT2D eigenvalue weighted by Crippen LogP contribution is -2.39. The van der Waals surface area contributed by atoms with E-state index in [-0.39, 0.29) is 5.82 Å². The molecule has 0 aliphatic heterocycles. The average Bonchev–Trinajstić information content (AvgIpc) is 3.37. The molecule has 7 heteroatoms. The monoisotopic (exact) mass is 385 g/mol. The third-order valence-electron chi connectivity index (χ3n) is 4.32. The molecule has 1 unspecified atom stereocenters. The van der Waals surface area contributed by atoms with E-state index in [4.69, 9.17) is 0 Å². The maximum atomic E-state index is 13.0. The number of guanidine groups is 1. The van der Waals surface area contributed by atoms with Gasteiger partial charge in [0.1, 0.15) is 5.82 Å². The van der Waals surface area contributed by atoms with E-state index < -0.39 is 0 Å². The van der Waals surface area contributed by atoms with Gasteiger partial charge >= 0.3 is 0 Å². The Morgan fingerprint density at radius 1 is 1.22 bits per heavy atom. The molecule has 0 amide bonds. The summed E-state index contributed by atoms with van der Waals surface area (Å²) < 4.78 is 14.8. The molecular formula is C20H24FN5S. The number of hydrogen-bond donors (Lipinski definition) is 2. The van der Waals surface area contributed by atoms with E-state index >= 15 is 0 Å². The maximum Gasteiger partial charge on any atom is 0.191 e. The number of thiophene rings is 1. The molecule has 0 radical (unpaired) electrons. The molecule has 0 spiro atoms. The molecule has 3 rings (SSSR count). The van der Waals surface area contributed by atoms with Gasteiger partial charge in [0.05, 0.1) is 11.4 Å². The molecule has 142 valence electrons. The van der Waals surface area contributed by atoms with Gasteiger partial charge in [-0.3, -0.25) is 4.99 Å². The number of nitrogens with zero attached hydrogens (tertiary/aromatic N) is 3. The molecule has 0 aliphatic rings. The van der Waals surface area contributed by atoms with Crippen LogP contribution < -0.4 is 10.6 Å². The highest BCUT2D eigenvalue weighted by molar-refractivity contribution is 7.07. The molecule has 1 atom stereocenters. The number of aliphatic imine (C=N–C) groups is 1. The van der Waals surface area contributed by atoms with Crippen molar-refractivity contribution in [2.24, 2.45) is 4.99 Å². The summed E-state index contributed by atoms with van der Waals surface area (Å²) in [6.07, 6.45) is 2.66. The van der Waals surface area contributed by atoms with Crippen molar-refractivity contribution in [3.05, 3.63) is 70.4 Å². The quantitative estimate of drug-likeness (QED) is 0.483. The number of hydrogen-bond acceptors (Lipinski definition) is 3. The first-order valence-corrected chi connectivity index (χ1v) is 9.87. The summed E-state index contributed by atoms with van der Waals surface area (Å²) in [5.41, 5.74) is 3.15. The minimum atomic E-state index is -0.248. The molecule has 1 aromatic carbocycles. The van der Waals surface area contributed by atoms with Gasteiger partial charge in [-0.25, -0.2) is 9.07 Å². The third-order valence-corrected chi connectivity index (χ3v) is 5.02. The van der Waals surface area contributed by atoms with E-state index in [9.17, 15) is 4.39 Å². The van der Waals surface area contributed by atoms with Crippen molar-refractivity contribution in [3.8, 4) is 5.69 Å².